The van der Waals surface area contributed by atoms with Gasteiger partial charge in [0.25, 0.3) is 0 Å². The number of piperidine rings is 1. The predicted octanol–water partition coefficient (Wildman–Crippen LogP) is 4.82. The van der Waals surface area contributed by atoms with Crippen molar-refractivity contribution in [3.63, 3.8) is 0 Å². The van der Waals surface area contributed by atoms with Gasteiger partial charge in [-0.05, 0) is 58.1 Å². The van der Waals surface area contributed by atoms with E-state index >= 15 is 0 Å². The van der Waals surface area contributed by atoms with Crippen LogP contribution in [0.4, 0.5) is 10.5 Å². The molecular weight excluding hydrogens is 458 g/mol. The third kappa shape index (κ3) is 4.87. The van der Waals surface area contributed by atoms with Gasteiger partial charge in [-0.3, -0.25) is 4.79 Å². The third-order valence-electron chi connectivity index (χ3n) is 6.61. The van der Waals surface area contributed by atoms with Crippen molar-refractivity contribution in [3.8, 4) is 0 Å². The molecule has 1 amide bonds. The summed E-state index contributed by atoms with van der Waals surface area (Å²) in [6.45, 7) is 8.94. The van der Waals surface area contributed by atoms with Crippen molar-refractivity contribution < 1.29 is 19.4 Å². The first kappa shape index (κ1) is 24.4. The number of carbonyl (C=O) groups is 2. The molecule has 2 aromatic rings. The molecule has 1 aromatic carbocycles. The van der Waals surface area contributed by atoms with E-state index in [2.05, 4.69) is 17.1 Å². The lowest BCUT2D eigenvalue weighted by molar-refractivity contribution is 0.0478. The van der Waals surface area contributed by atoms with Gasteiger partial charge in [0.2, 0.25) is 5.43 Å². The number of alkyl carbamates (subject to hydrolysis) is 1. The lowest BCUT2D eigenvalue weighted by atomic mass is 9.89. The number of pyridine rings is 1. The van der Waals surface area contributed by atoms with Crippen LogP contribution in [0.3, 0.4) is 0 Å². The molecule has 2 N–H and O–H groups in total. The van der Waals surface area contributed by atoms with E-state index in [1.807, 2.05) is 25.3 Å². The predicted molar refractivity (Wildman–Crippen MR) is 132 cm³/mol. The van der Waals surface area contributed by atoms with Crippen LogP contribution in [0, 0.1) is 5.92 Å². The second kappa shape index (κ2) is 9.13. The third-order valence-corrected chi connectivity index (χ3v) is 6.98. The maximum atomic E-state index is 12.8. The van der Waals surface area contributed by atoms with Crippen molar-refractivity contribution in [2.45, 2.75) is 71.1 Å². The topological polar surface area (TPSA) is 101 Å². The fraction of sp³-hybridized carbons (Fsp3) is 0.560. The standard InChI is InChI=1S/C25H32ClN3O5/c1-5-14-10-11-28(13-18(14)27-24(33)34-25(2,3)4)19-9-8-16-21(20(19)26)29(15-6-7-15)12-17(22(16)30)23(31)32/h8-9,12,14-15,18H,5-7,10-11,13H2,1-4H3,(H,27,33)(H,31,32)/t14-,18-/m1/s1. The molecule has 9 heteroatoms. The number of aromatic nitrogens is 1. The highest BCUT2D eigenvalue weighted by Crippen LogP contribution is 2.41. The Labute approximate surface area is 203 Å². The molecule has 2 heterocycles. The zero-order valence-electron chi connectivity index (χ0n) is 20.1. The molecule has 184 valence electrons. The van der Waals surface area contributed by atoms with Crippen LogP contribution < -0.4 is 15.6 Å². The van der Waals surface area contributed by atoms with Crippen LogP contribution >= 0.6 is 11.6 Å². The van der Waals surface area contributed by atoms with Crippen molar-refractivity contribution in [1.29, 1.82) is 0 Å². The van der Waals surface area contributed by atoms with E-state index in [1.54, 1.807) is 12.1 Å². The summed E-state index contributed by atoms with van der Waals surface area (Å²) >= 11 is 6.91. The van der Waals surface area contributed by atoms with Crippen LogP contribution in [-0.2, 0) is 4.74 Å². The molecule has 0 unspecified atom stereocenters. The zero-order chi connectivity index (χ0) is 24.8. The number of carboxylic acids is 1. The second-order valence-electron chi connectivity index (χ2n) is 10.3. The average molecular weight is 490 g/mol. The Morgan fingerprint density at radius 3 is 2.53 bits per heavy atom. The number of hydrogen-bond donors (Lipinski definition) is 2. The number of benzene rings is 1. The lowest BCUT2D eigenvalue weighted by Gasteiger charge is -2.40. The van der Waals surface area contributed by atoms with Crippen LogP contribution in [0.25, 0.3) is 10.9 Å². The molecule has 2 aliphatic rings. The van der Waals surface area contributed by atoms with Gasteiger partial charge in [-0.2, -0.15) is 0 Å². The van der Waals surface area contributed by atoms with Crippen molar-refractivity contribution >= 4 is 40.3 Å². The molecule has 1 saturated carbocycles. The number of halogens is 1. The van der Waals surface area contributed by atoms with Gasteiger partial charge in [0.05, 0.1) is 22.3 Å². The minimum Gasteiger partial charge on any atom is -0.477 e. The highest BCUT2D eigenvalue weighted by molar-refractivity contribution is 6.38. The van der Waals surface area contributed by atoms with Gasteiger partial charge in [0.1, 0.15) is 11.2 Å². The van der Waals surface area contributed by atoms with E-state index in [-0.39, 0.29) is 17.6 Å². The Morgan fingerprint density at radius 1 is 1.24 bits per heavy atom. The van der Waals surface area contributed by atoms with Gasteiger partial charge in [-0.25, -0.2) is 9.59 Å². The minimum absolute atomic E-state index is 0.111. The number of fused-ring (bicyclic) bond motifs is 1. The van der Waals surface area contributed by atoms with Crippen LogP contribution in [0.5, 0.6) is 0 Å². The van der Waals surface area contributed by atoms with Crippen molar-refractivity contribution in [1.82, 2.24) is 9.88 Å². The average Bonchev–Trinajstić information content (AvgIpc) is 3.58. The molecule has 1 aliphatic carbocycles. The van der Waals surface area contributed by atoms with E-state index in [1.165, 1.54) is 6.20 Å². The summed E-state index contributed by atoms with van der Waals surface area (Å²) in [5, 5.41) is 13.3. The molecule has 1 aromatic heterocycles. The number of anilines is 1. The Morgan fingerprint density at radius 2 is 1.94 bits per heavy atom. The molecule has 1 saturated heterocycles. The second-order valence-corrected chi connectivity index (χ2v) is 10.6. The summed E-state index contributed by atoms with van der Waals surface area (Å²) in [4.78, 5) is 39.1. The van der Waals surface area contributed by atoms with E-state index in [4.69, 9.17) is 16.3 Å². The molecular formula is C25H32ClN3O5. The molecule has 4 rings (SSSR count). The molecule has 0 bridgehead atoms. The molecule has 2 fully saturated rings. The van der Waals surface area contributed by atoms with Gasteiger partial charge < -0.3 is 24.6 Å². The number of nitrogens with zero attached hydrogens (tertiary/aromatic N) is 2. The quantitative estimate of drug-likeness (QED) is 0.624. The highest BCUT2D eigenvalue weighted by Gasteiger charge is 2.33. The van der Waals surface area contributed by atoms with Crippen LogP contribution in [0.1, 0.15) is 69.8 Å². The first-order chi connectivity index (χ1) is 16.0. The Kier molecular flexibility index (Phi) is 6.55. The number of ether oxygens (including phenoxy) is 1. The highest BCUT2D eigenvalue weighted by atomic mass is 35.5. The number of nitrogens with one attached hydrogen (secondary N) is 1. The monoisotopic (exact) mass is 489 g/mol. The number of hydrogen-bond acceptors (Lipinski definition) is 5. The summed E-state index contributed by atoms with van der Waals surface area (Å²) in [5.74, 6) is -0.926. The van der Waals surface area contributed by atoms with E-state index in [9.17, 15) is 19.5 Å². The van der Waals surface area contributed by atoms with Crippen molar-refractivity contribution in [2.75, 3.05) is 18.0 Å². The summed E-state index contributed by atoms with van der Waals surface area (Å²) in [7, 11) is 0. The summed E-state index contributed by atoms with van der Waals surface area (Å²) in [6, 6.07) is 3.49. The normalized spacial score (nSPS) is 20.9. The van der Waals surface area contributed by atoms with Crippen LogP contribution in [-0.4, -0.2) is 46.5 Å². The Bertz CT molecular complexity index is 1180. The molecule has 34 heavy (non-hydrogen) atoms. The largest absolute Gasteiger partial charge is 0.477 e. The fourth-order valence-corrected chi connectivity index (χ4v) is 5.15. The smallest absolute Gasteiger partial charge is 0.407 e. The molecule has 2 atom stereocenters. The molecule has 0 spiro atoms. The lowest BCUT2D eigenvalue weighted by Crippen LogP contribution is -2.53. The summed E-state index contributed by atoms with van der Waals surface area (Å²) in [5.41, 5.74) is 0.00132. The number of carboxylic acid groups (broad SMARTS) is 1. The number of aromatic carboxylic acids is 1. The maximum absolute atomic E-state index is 12.8. The fourth-order valence-electron chi connectivity index (χ4n) is 4.76. The van der Waals surface area contributed by atoms with Gasteiger partial charge in [-0.15, -0.1) is 0 Å². The molecule has 1 aliphatic heterocycles. The first-order valence-electron chi connectivity index (χ1n) is 11.8. The molecule has 8 nitrogen and oxygen atoms in total. The Hall–Kier alpha value is -2.74. The SMILES string of the molecule is CC[C@@H]1CCN(c2ccc3c(=O)c(C(=O)O)cn(C4CC4)c3c2Cl)C[C@H]1NC(=O)OC(C)(C)C. The van der Waals surface area contributed by atoms with Gasteiger partial charge in [0.15, 0.2) is 0 Å². The number of carbonyl (C=O) groups excluding carboxylic acids is 1. The van der Waals surface area contributed by atoms with E-state index < -0.39 is 23.1 Å². The molecule has 0 radical (unpaired) electrons. The van der Waals surface area contributed by atoms with Crippen molar-refractivity contribution in [3.05, 3.63) is 39.1 Å². The summed E-state index contributed by atoms with van der Waals surface area (Å²) in [6.07, 6.45) is 4.63. The van der Waals surface area contributed by atoms with Gasteiger partial charge in [0, 0.05) is 30.7 Å². The van der Waals surface area contributed by atoms with Gasteiger partial charge >= 0.3 is 12.1 Å². The van der Waals surface area contributed by atoms with Crippen molar-refractivity contribution in [2.24, 2.45) is 5.92 Å². The number of amides is 1. The number of rotatable bonds is 5. The Balaban J connectivity index is 1.69. The first-order valence-corrected chi connectivity index (χ1v) is 12.2. The maximum Gasteiger partial charge on any atom is 0.407 e. The van der Waals surface area contributed by atoms with Crippen LogP contribution in [0.15, 0.2) is 23.1 Å². The van der Waals surface area contributed by atoms with E-state index in [0.717, 1.165) is 37.9 Å². The summed E-state index contributed by atoms with van der Waals surface area (Å²) < 4.78 is 7.32. The zero-order valence-corrected chi connectivity index (χ0v) is 20.8. The minimum atomic E-state index is -1.24. The van der Waals surface area contributed by atoms with Crippen LogP contribution in [0.2, 0.25) is 5.02 Å². The van der Waals surface area contributed by atoms with Gasteiger partial charge in [-0.1, -0.05) is 24.9 Å². The van der Waals surface area contributed by atoms with E-state index in [0.29, 0.717) is 28.4 Å².